The van der Waals surface area contributed by atoms with Crippen molar-refractivity contribution in [1.82, 2.24) is 4.98 Å². The van der Waals surface area contributed by atoms with Crippen molar-refractivity contribution in [2.45, 2.75) is 19.8 Å². The van der Waals surface area contributed by atoms with Gasteiger partial charge in [-0.15, -0.1) is 0 Å². The number of hydrogen-bond acceptors (Lipinski definition) is 1. The van der Waals surface area contributed by atoms with Crippen LogP contribution in [-0.2, 0) is 0 Å². The molecule has 0 atom stereocenters. The average Bonchev–Trinajstić information content (AvgIpc) is 2.46. The summed E-state index contributed by atoms with van der Waals surface area (Å²) in [6.45, 7) is 4.24. The molecule has 3 heteroatoms. The van der Waals surface area contributed by atoms with E-state index in [1.54, 1.807) is 6.07 Å². The van der Waals surface area contributed by atoms with E-state index in [1.165, 1.54) is 12.1 Å². The normalized spacial score (nSPS) is 11.3. The van der Waals surface area contributed by atoms with Gasteiger partial charge in [-0.2, -0.15) is 0 Å². The molecule has 0 spiro atoms. The molecule has 21 heavy (non-hydrogen) atoms. The molecule has 0 aliphatic heterocycles. The van der Waals surface area contributed by atoms with E-state index in [0.29, 0.717) is 16.5 Å². The summed E-state index contributed by atoms with van der Waals surface area (Å²) in [4.78, 5) is 4.66. The zero-order valence-electron chi connectivity index (χ0n) is 11.9. The van der Waals surface area contributed by atoms with Gasteiger partial charge in [0.25, 0.3) is 0 Å². The molecule has 0 bridgehead atoms. The third kappa shape index (κ3) is 2.64. The van der Waals surface area contributed by atoms with Crippen molar-refractivity contribution in [2.75, 3.05) is 0 Å². The van der Waals surface area contributed by atoms with Gasteiger partial charge < -0.3 is 0 Å². The molecule has 0 amide bonds. The van der Waals surface area contributed by atoms with Crippen LogP contribution in [0, 0.1) is 5.82 Å². The zero-order valence-corrected chi connectivity index (χ0v) is 12.7. The van der Waals surface area contributed by atoms with Crippen LogP contribution in [0.15, 0.2) is 48.5 Å². The van der Waals surface area contributed by atoms with Crippen molar-refractivity contribution in [3.05, 3.63) is 64.9 Å². The monoisotopic (exact) mass is 299 g/mol. The zero-order chi connectivity index (χ0) is 15.0. The summed E-state index contributed by atoms with van der Waals surface area (Å²) in [6.07, 6.45) is 0. The van der Waals surface area contributed by atoms with Crippen LogP contribution in [0.1, 0.15) is 25.3 Å². The fourth-order valence-electron chi connectivity index (χ4n) is 2.47. The molecular weight excluding hydrogens is 285 g/mol. The van der Waals surface area contributed by atoms with E-state index >= 15 is 0 Å². The second-order valence-corrected chi connectivity index (χ2v) is 5.80. The number of fused-ring (bicyclic) bond motifs is 1. The Kier molecular flexibility index (Phi) is 3.64. The van der Waals surface area contributed by atoms with Gasteiger partial charge in [0.05, 0.1) is 11.2 Å². The summed E-state index contributed by atoms with van der Waals surface area (Å²) in [5, 5.41) is 1.60. The fraction of sp³-hybridized carbons (Fsp3) is 0.167. The van der Waals surface area contributed by atoms with Gasteiger partial charge in [0.2, 0.25) is 0 Å². The third-order valence-corrected chi connectivity index (χ3v) is 3.89. The molecule has 3 aromatic rings. The van der Waals surface area contributed by atoms with Crippen molar-refractivity contribution < 1.29 is 4.39 Å². The minimum Gasteiger partial charge on any atom is -0.247 e. The van der Waals surface area contributed by atoms with Crippen molar-refractivity contribution in [3.63, 3.8) is 0 Å². The highest BCUT2D eigenvalue weighted by Crippen LogP contribution is 2.34. The van der Waals surface area contributed by atoms with Crippen molar-refractivity contribution >= 4 is 22.5 Å². The first-order valence-electron chi connectivity index (χ1n) is 6.91. The van der Waals surface area contributed by atoms with E-state index in [2.05, 4.69) is 24.9 Å². The van der Waals surface area contributed by atoms with E-state index in [4.69, 9.17) is 11.6 Å². The topological polar surface area (TPSA) is 12.9 Å². The first-order valence-corrected chi connectivity index (χ1v) is 7.29. The molecule has 0 fully saturated rings. The molecule has 2 aromatic carbocycles. The number of nitrogens with zero attached hydrogens (tertiary/aromatic N) is 1. The summed E-state index contributed by atoms with van der Waals surface area (Å²) in [7, 11) is 0. The van der Waals surface area contributed by atoms with Gasteiger partial charge in [0.1, 0.15) is 5.82 Å². The minimum atomic E-state index is -0.280. The van der Waals surface area contributed by atoms with E-state index in [9.17, 15) is 4.39 Å². The van der Waals surface area contributed by atoms with Gasteiger partial charge in [-0.1, -0.05) is 43.6 Å². The second kappa shape index (κ2) is 5.45. The van der Waals surface area contributed by atoms with Crippen LogP contribution in [-0.4, -0.2) is 4.98 Å². The lowest BCUT2D eigenvalue weighted by molar-refractivity contribution is 0.629. The Morgan fingerprint density at radius 1 is 1.05 bits per heavy atom. The summed E-state index contributed by atoms with van der Waals surface area (Å²) >= 11 is 6.30. The van der Waals surface area contributed by atoms with Gasteiger partial charge in [0, 0.05) is 22.0 Å². The highest BCUT2D eigenvalue weighted by atomic mass is 35.5. The maximum Gasteiger partial charge on any atom is 0.125 e. The van der Waals surface area contributed by atoms with Gasteiger partial charge in [-0.05, 0) is 35.7 Å². The summed E-state index contributed by atoms with van der Waals surface area (Å²) in [6, 6.07) is 14.4. The molecular formula is C18H15ClFN. The van der Waals surface area contributed by atoms with Gasteiger partial charge in [-0.25, -0.2) is 9.37 Å². The highest BCUT2D eigenvalue weighted by Gasteiger charge is 2.14. The predicted octanol–water partition coefficient (Wildman–Crippen LogP) is 5.82. The Hall–Kier alpha value is -1.93. The molecule has 0 unspecified atom stereocenters. The SMILES string of the molecule is CC(C)c1cc2ccc(F)cc2nc1-c1ccccc1Cl. The van der Waals surface area contributed by atoms with Crippen molar-refractivity contribution in [2.24, 2.45) is 0 Å². The molecule has 0 saturated heterocycles. The average molecular weight is 300 g/mol. The lowest BCUT2D eigenvalue weighted by atomic mass is 9.95. The number of halogens is 2. The molecule has 0 aliphatic carbocycles. The summed E-state index contributed by atoms with van der Waals surface area (Å²) in [5.74, 6) is 0.0237. The van der Waals surface area contributed by atoms with Crippen LogP contribution < -0.4 is 0 Å². The number of aromatic nitrogens is 1. The lowest BCUT2D eigenvalue weighted by Gasteiger charge is -2.14. The van der Waals surface area contributed by atoms with Crippen LogP contribution in [0.5, 0.6) is 0 Å². The molecule has 1 nitrogen and oxygen atoms in total. The third-order valence-electron chi connectivity index (χ3n) is 3.56. The number of hydrogen-bond donors (Lipinski definition) is 0. The van der Waals surface area contributed by atoms with Crippen LogP contribution in [0.2, 0.25) is 5.02 Å². The summed E-state index contributed by atoms with van der Waals surface area (Å²) in [5.41, 5.74) is 3.47. The maximum atomic E-state index is 13.4. The minimum absolute atomic E-state index is 0.280. The predicted molar refractivity (Wildman–Crippen MR) is 86.2 cm³/mol. The molecule has 0 radical (unpaired) electrons. The van der Waals surface area contributed by atoms with Crippen LogP contribution >= 0.6 is 11.6 Å². The largest absolute Gasteiger partial charge is 0.247 e. The quantitative estimate of drug-likeness (QED) is 0.581. The van der Waals surface area contributed by atoms with Gasteiger partial charge in [-0.3, -0.25) is 0 Å². The van der Waals surface area contributed by atoms with Gasteiger partial charge >= 0.3 is 0 Å². The molecule has 0 aliphatic rings. The summed E-state index contributed by atoms with van der Waals surface area (Å²) < 4.78 is 13.4. The lowest BCUT2D eigenvalue weighted by Crippen LogP contribution is -1.97. The Balaban J connectivity index is 2.34. The smallest absolute Gasteiger partial charge is 0.125 e. The van der Waals surface area contributed by atoms with E-state index < -0.39 is 0 Å². The fourth-order valence-corrected chi connectivity index (χ4v) is 2.69. The molecule has 0 N–H and O–H groups in total. The first-order chi connectivity index (χ1) is 10.1. The van der Waals surface area contributed by atoms with Crippen molar-refractivity contribution in [1.29, 1.82) is 0 Å². The number of benzene rings is 2. The van der Waals surface area contributed by atoms with Gasteiger partial charge in [0.15, 0.2) is 0 Å². The second-order valence-electron chi connectivity index (χ2n) is 5.40. The Bertz CT molecular complexity index is 811. The Labute approximate surface area is 128 Å². The van der Waals surface area contributed by atoms with Crippen LogP contribution in [0.3, 0.4) is 0 Å². The number of rotatable bonds is 2. The van der Waals surface area contributed by atoms with Crippen molar-refractivity contribution in [3.8, 4) is 11.3 Å². The Morgan fingerprint density at radius 3 is 2.52 bits per heavy atom. The molecule has 1 heterocycles. The molecule has 1 aromatic heterocycles. The molecule has 3 rings (SSSR count). The maximum absolute atomic E-state index is 13.4. The number of pyridine rings is 1. The first kappa shape index (κ1) is 14.0. The van der Waals surface area contributed by atoms with Crippen LogP contribution in [0.4, 0.5) is 4.39 Å². The standard InChI is InChI=1S/C18H15ClFN/c1-11(2)15-9-12-7-8-13(20)10-17(12)21-18(15)14-5-3-4-6-16(14)19/h3-11H,1-2H3. The van der Waals surface area contributed by atoms with E-state index in [-0.39, 0.29) is 5.82 Å². The Morgan fingerprint density at radius 2 is 1.81 bits per heavy atom. The van der Waals surface area contributed by atoms with E-state index in [1.807, 2.05) is 24.3 Å². The molecule has 0 saturated carbocycles. The molecule has 106 valence electrons. The van der Waals surface area contributed by atoms with Crippen LogP contribution in [0.25, 0.3) is 22.2 Å². The van der Waals surface area contributed by atoms with E-state index in [0.717, 1.165) is 22.2 Å². The highest BCUT2D eigenvalue weighted by molar-refractivity contribution is 6.33.